The van der Waals surface area contributed by atoms with Crippen LogP contribution in [0.25, 0.3) is 5.65 Å². The molecule has 6 heteroatoms. The lowest BCUT2D eigenvalue weighted by molar-refractivity contribution is 0.178. The Hall–Kier alpha value is -1.53. The summed E-state index contributed by atoms with van der Waals surface area (Å²) in [6, 6.07) is 2.24. The highest BCUT2D eigenvalue weighted by molar-refractivity contribution is 5.40. The van der Waals surface area contributed by atoms with Crippen LogP contribution < -0.4 is 5.32 Å². The third-order valence-electron chi connectivity index (χ3n) is 3.79. The number of piperazine rings is 1. The molecule has 19 heavy (non-hydrogen) atoms. The van der Waals surface area contributed by atoms with Gasteiger partial charge in [-0.1, -0.05) is 0 Å². The summed E-state index contributed by atoms with van der Waals surface area (Å²) in [4.78, 5) is 6.95. The van der Waals surface area contributed by atoms with Crippen LogP contribution in [0.1, 0.15) is 30.3 Å². The molecule has 1 fully saturated rings. The zero-order valence-corrected chi connectivity index (χ0v) is 11.7. The molecule has 0 bridgehead atoms. The normalized spacial score (nSPS) is 18.9. The molecule has 6 nitrogen and oxygen atoms in total. The predicted molar refractivity (Wildman–Crippen MR) is 73.1 cm³/mol. The van der Waals surface area contributed by atoms with E-state index in [9.17, 15) is 0 Å². The number of aromatic nitrogens is 4. The molecule has 0 aromatic carbocycles. The van der Waals surface area contributed by atoms with Gasteiger partial charge >= 0.3 is 0 Å². The first-order chi connectivity index (χ1) is 9.16. The van der Waals surface area contributed by atoms with Crippen molar-refractivity contribution in [2.24, 2.45) is 0 Å². The summed E-state index contributed by atoms with van der Waals surface area (Å²) >= 11 is 0. The minimum atomic E-state index is 0.264. The maximum absolute atomic E-state index is 4.51. The molecule has 1 N–H and O–H groups in total. The van der Waals surface area contributed by atoms with Crippen LogP contribution in [-0.4, -0.2) is 50.7 Å². The Morgan fingerprint density at radius 3 is 2.68 bits per heavy atom. The van der Waals surface area contributed by atoms with E-state index in [0.717, 1.165) is 49.2 Å². The summed E-state index contributed by atoms with van der Waals surface area (Å²) in [5.74, 6) is 1.94. The van der Waals surface area contributed by atoms with Crippen molar-refractivity contribution in [2.75, 3.05) is 26.2 Å². The van der Waals surface area contributed by atoms with E-state index in [4.69, 9.17) is 0 Å². The van der Waals surface area contributed by atoms with Crippen molar-refractivity contribution in [1.29, 1.82) is 0 Å². The maximum atomic E-state index is 4.51. The molecule has 1 atom stereocenters. The van der Waals surface area contributed by atoms with Gasteiger partial charge in [-0.2, -0.15) is 0 Å². The number of hydrogen-bond donors (Lipinski definition) is 1. The Kier molecular flexibility index (Phi) is 3.20. The molecule has 0 spiro atoms. The van der Waals surface area contributed by atoms with Crippen molar-refractivity contribution in [2.45, 2.75) is 26.8 Å². The van der Waals surface area contributed by atoms with Crippen molar-refractivity contribution in [3.05, 3.63) is 23.4 Å². The van der Waals surface area contributed by atoms with E-state index in [0.29, 0.717) is 0 Å². The fourth-order valence-corrected chi connectivity index (χ4v) is 2.76. The molecule has 1 aliphatic heterocycles. The zero-order chi connectivity index (χ0) is 13.4. The quantitative estimate of drug-likeness (QED) is 0.861. The van der Waals surface area contributed by atoms with Gasteiger partial charge in [0.25, 0.3) is 0 Å². The Balaban J connectivity index is 2.00. The van der Waals surface area contributed by atoms with Crippen molar-refractivity contribution >= 4 is 5.65 Å². The van der Waals surface area contributed by atoms with Crippen LogP contribution in [-0.2, 0) is 0 Å². The van der Waals surface area contributed by atoms with E-state index in [1.165, 1.54) is 0 Å². The molecule has 2 aromatic rings. The first-order valence-electron chi connectivity index (χ1n) is 6.81. The van der Waals surface area contributed by atoms with Crippen LogP contribution in [0.4, 0.5) is 0 Å². The maximum Gasteiger partial charge on any atom is 0.164 e. The van der Waals surface area contributed by atoms with Gasteiger partial charge in [0.1, 0.15) is 5.82 Å². The largest absolute Gasteiger partial charge is 0.314 e. The second-order valence-corrected chi connectivity index (χ2v) is 5.16. The van der Waals surface area contributed by atoms with Gasteiger partial charge in [0, 0.05) is 37.9 Å². The number of nitrogens with one attached hydrogen (secondary N) is 1. The Labute approximate surface area is 112 Å². The van der Waals surface area contributed by atoms with Crippen LogP contribution >= 0.6 is 0 Å². The highest BCUT2D eigenvalue weighted by Crippen LogP contribution is 2.20. The highest BCUT2D eigenvalue weighted by Gasteiger charge is 2.23. The molecular formula is C13H20N6. The molecular weight excluding hydrogens is 240 g/mol. The van der Waals surface area contributed by atoms with Crippen LogP contribution in [0, 0.1) is 13.8 Å². The van der Waals surface area contributed by atoms with Crippen LogP contribution in [0.3, 0.4) is 0 Å². The van der Waals surface area contributed by atoms with Gasteiger partial charge in [-0.15, -0.1) is 10.2 Å². The lowest BCUT2D eigenvalue weighted by Crippen LogP contribution is -2.44. The molecule has 1 saturated heterocycles. The molecule has 0 radical (unpaired) electrons. The number of rotatable bonds is 2. The van der Waals surface area contributed by atoms with Crippen molar-refractivity contribution < 1.29 is 0 Å². The van der Waals surface area contributed by atoms with Gasteiger partial charge in [0.05, 0.1) is 6.04 Å². The standard InChI is InChI=1S/C13H20N6/c1-9-8-12-16-17-13(19(12)11(3)15-9)10(2)18-6-4-14-5-7-18/h8,10,14H,4-7H2,1-3H3. The summed E-state index contributed by atoms with van der Waals surface area (Å²) < 4.78 is 2.07. The van der Waals surface area contributed by atoms with E-state index in [1.807, 2.05) is 19.9 Å². The Bertz CT molecular complexity index is 584. The molecule has 1 unspecified atom stereocenters. The average Bonchev–Trinajstić information content (AvgIpc) is 2.83. The smallest absolute Gasteiger partial charge is 0.164 e. The summed E-state index contributed by atoms with van der Waals surface area (Å²) in [5, 5.41) is 12.0. The SMILES string of the molecule is Cc1cc2nnc(C(C)N3CCNCC3)n2c(C)n1. The second-order valence-electron chi connectivity index (χ2n) is 5.16. The van der Waals surface area contributed by atoms with Crippen LogP contribution in [0.15, 0.2) is 6.07 Å². The van der Waals surface area contributed by atoms with E-state index < -0.39 is 0 Å². The summed E-state index contributed by atoms with van der Waals surface area (Å²) in [5.41, 5.74) is 1.88. The molecule has 1 aliphatic rings. The third-order valence-corrected chi connectivity index (χ3v) is 3.79. The van der Waals surface area contributed by atoms with Crippen molar-refractivity contribution in [3.63, 3.8) is 0 Å². The van der Waals surface area contributed by atoms with Gasteiger partial charge < -0.3 is 5.32 Å². The molecule has 2 aromatic heterocycles. The topological polar surface area (TPSA) is 58.4 Å². The van der Waals surface area contributed by atoms with Gasteiger partial charge in [0.2, 0.25) is 0 Å². The van der Waals surface area contributed by atoms with Crippen molar-refractivity contribution in [1.82, 2.24) is 29.8 Å². The van der Waals surface area contributed by atoms with Crippen molar-refractivity contribution in [3.8, 4) is 0 Å². The van der Waals surface area contributed by atoms with Gasteiger partial charge in [-0.05, 0) is 20.8 Å². The molecule has 0 saturated carbocycles. The lowest BCUT2D eigenvalue weighted by Gasteiger charge is -2.31. The number of nitrogens with zero attached hydrogens (tertiary/aromatic N) is 5. The van der Waals surface area contributed by atoms with E-state index in [1.54, 1.807) is 0 Å². The average molecular weight is 260 g/mol. The molecule has 3 heterocycles. The first kappa shape index (κ1) is 12.5. The fraction of sp³-hybridized carbons (Fsp3) is 0.615. The van der Waals surface area contributed by atoms with E-state index in [2.05, 4.69) is 36.7 Å². The Morgan fingerprint density at radius 1 is 1.21 bits per heavy atom. The molecule has 102 valence electrons. The number of fused-ring (bicyclic) bond motifs is 1. The second kappa shape index (κ2) is 4.86. The molecule has 0 aliphatic carbocycles. The summed E-state index contributed by atoms with van der Waals surface area (Å²) in [6.07, 6.45) is 0. The third kappa shape index (κ3) is 2.21. The Morgan fingerprint density at radius 2 is 1.95 bits per heavy atom. The number of aryl methyl sites for hydroxylation is 2. The minimum Gasteiger partial charge on any atom is -0.314 e. The van der Waals surface area contributed by atoms with E-state index >= 15 is 0 Å². The molecule has 3 rings (SSSR count). The first-order valence-corrected chi connectivity index (χ1v) is 6.81. The minimum absolute atomic E-state index is 0.264. The van der Waals surface area contributed by atoms with Gasteiger partial charge in [-0.25, -0.2) is 4.98 Å². The highest BCUT2D eigenvalue weighted by atomic mass is 15.3. The predicted octanol–water partition coefficient (Wildman–Crippen LogP) is 0.707. The fourth-order valence-electron chi connectivity index (χ4n) is 2.76. The zero-order valence-electron chi connectivity index (χ0n) is 11.7. The summed E-state index contributed by atoms with van der Waals surface area (Å²) in [7, 11) is 0. The monoisotopic (exact) mass is 260 g/mol. The number of hydrogen-bond acceptors (Lipinski definition) is 5. The summed E-state index contributed by atoms with van der Waals surface area (Å²) in [6.45, 7) is 10.4. The van der Waals surface area contributed by atoms with Crippen LogP contribution in [0.5, 0.6) is 0 Å². The van der Waals surface area contributed by atoms with Gasteiger partial charge in [-0.3, -0.25) is 9.30 Å². The van der Waals surface area contributed by atoms with Gasteiger partial charge in [0.15, 0.2) is 11.5 Å². The van der Waals surface area contributed by atoms with E-state index in [-0.39, 0.29) is 6.04 Å². The lowest BCUT2D eigenvalue weighted by atomic mass is 10.2. The van der Waals surface area contributed by atoms with Crippen LogP contribution in [0.2, 0.25) is 0 Å². The molecule has 0 amide bonds.